The number of aliphatic hydroxyl groups is 1. The van der Waals surface area contributed by atoms with Gasteiger partial charge in [-0.15, -0.1) is 0 Å². The van der Waals surface area contributed by atoms with Gasteiger partial charge in [0, 0.05) is 19.5 Å². The summed E-state index contributed by atoms with van der Waals surface area (Å²) < 4.78 is 35.9. The van der Waals surface area contributed by atoms with Gasteiger partial charge in [0.2, 0.25) is 0 Å². The monoisotopic (exact) mass is 230 g/mol. The molecule has 0 spiro atoms. The molecule has 0 aliphatic heterocycles. The summed E-state index contributed by atoms with van der Waals surface area (Å²) in [6, 6.07) is 0. The van der Waals surface area contributed by atoms with Gasteiger partial charge < -0.3 is 10.8 Å². The largest absolute Gasteiger partial charge is 0.401 e. The molecular weight excluding hydrogens is 217 g/mol. The number of hydrogen-bond donors (Lipinski definition) is 2. The second-order valence-corrected chi connectivity index (χ2v) is 3.36. The van der Waals surface area contributed by atoms with Crippen LogP contribution in [0.25, 0.3) is 0 Å². The molecule has 0 aliphatic rings. The van der Waals surface area contributed by atoms with Crippen LogP contribution in [0.5, 0.6) is 0 Å². The Bertz CT molecular complexity index is 186. The normalized spacial score (nSPS) is 12.1. The summed E-state index contributed by atoms with van der Waals surface area (Å²) in [6.07, 6.45) is -4.03. The van der Waals surface area contributed by atoms with Gasteiger partial charge >= 0.3 is 6.18 Å². The summed E-state index contributed by atoms with van der Waals surface area (Å²) in [5.41, 5.74) is 5.16. The summed E-state index contributed by atoms with van der Waals surface area (Å²) >= 11 is 4.55. The van der Waals surface area contributed by atoms with E-state index < -0.39 is 12.7 Å². The molecule has 0 aromatic heterocycles. The number of hydrogen-bond acceptors (Lipinski definition) is 3. The molecule has 3 nitrogen and oxygen atoms in total. The quantitative estimate of drug-likeness (QED) is 0.653. The summed E-state index contributed by atoms with van der Waals surface area (Å²) in [7, 11) is 0. The molecule has 0 atom stereocenters. The van der Waals surface area contributed by atoms with Crippen molar-refractivity contribution in [1.82, 2.24) is 4.90 Å². The van der Waals surface area contributed by atoms with Gasteiger partial charge in [-0.25, -0.2) is 0 Å². The van der Waals surface area contributed by atoms with Crippen LogP contribution in [0.2, 0.25) is 0 Å². The lowest BCUT2D eigenvalue weighted by Crippen LogP contribution is -2.37. The first kappa shape index (κ1) is 13.6. The highest BCUT2D eigenvalue weighted by molar-refractivity contribution is 7.80. The first-order valence-electron chi connectivity index (χ1n) is 4.03. The van der Waals surface area contributed by atoms with E-state index in [1.807, 2.05) is 0 Å². The van der Waals surface area contributed by atoms with Gasteiger partial charge in [-0.05, 0) is 0 Å². The van der Waals surface area contributed by atoms with Gasteiger partial charge in [0.1, 0.15) is 0 Å². The van der Waals surface area contributed by atoms with Gasteiger partial charge in [0.05, 0.1) is 18.1 Å². The number of halogens is 3. The van der Waals surface area contributed by atoms with E-state index >= 15 is 0 Å². The molecule has 0 aromatic rings. The molecule has 0 heterocycles. The van der Waals surface area contributed by atoms with Gasteiger partial charge in [-0.1, -0.05) is 12.2 Å². The van der Waals surface area contributed by atoms with E-state index in [0.717, 1.165) is 4.90 Å². The molecule has 0 radical (unpaired) electrons. The minimum absolute atomic E-state index is 0.0257. The van der Waals surface area contributed by atoms with Crippen LogP contribution >= 0.6 is 12.2 Å². The summed E-state index contributed by atoms with van der Waals surface area (Å²) in [5.74, 6) is 0. The number of aliphatic hydroxyl groups excluding tert-OH is 1. The maximum absolute atomic E-state index is 12.0. The van der Waals surface area contributed by atoms with Crippen molar-refractivity contribution in [1.29, 1.82) is 0 Å². The minimum Gasteiger partial charge on any atom is -0.395 e. The van der Waals surface area contributed by atoms with Gasteiger partial charge in [-0.2, -0.15) is 13.2 Å². The first-order chi connectivity index (χ1) is 6.35. The van der Waals surface area contributed by atoms with Crippen molar-refractivity contribution in [2.45, 2.75) is 12.6 Å². The standard InChI is InChI=1S/C7H13F3N2OS/c8-7(9,10)5-12(3-4-13)2-1-6(11)14/h13H,1-5H2,(H2,11,14). The molecule has 3 N–H and O–H groups in total. The van der Waals surface area contributed by atoms with Crippen LogP contribution in [-0.2, 0) is 0 Å². The van der Waals surface area contributed by atoms with Crippen LogP contribution in [0.1, 0.15) is 6.42 Å². The zero-order valence-corrected chi connectivity index (χ0v) is 8.37. The molecule has 0 rings (SSSR count). The van der Waals surface area contributed by atoms with Crippen LogP contribution in [0.4, 0.5) is 13.2 Å². The number of alkyl halides is 3. The van der Waals surface area contributed by atoms with E-state index in [1.54, 1.807) is 0 Å². The second kappa shape index (κ2) is 6.15. The fourth-order valence-electron chi connectivity index (χ4n) is 0.933. The molecular formula is C7H13F3N2OS. The summed E-state index contributed by atoms with van der Waals surface area (Å²) in [4.78, 5) is 1.24. The second-order valence-electron chi connectivity index (χ2n) is 2.83. The van der Waals surface area contributed by atoms with Gasteiger partial charge in [0.25, 0.3) is 0 Å². The SMILES string of the molecule is NC(=S)CCN(CCO)CC(F)(F)F. The average molecular weight is 230 g/mol. The maximum atomic E-state index is 12.0. The Morgan fingerprint density at radius 1 is 1.36 bits per heavy atom. The number of thiocarbonyl (C=S) groups is 1. The molecule has 0 saturated carbocycles. The molecule has 14 heavy (non-hydrogen) atoms. The third-order valence-electron chi connectivity index (χ3n) is 1.49. The summed E-state index contributed by atoms with van der Waals surface area (Å²) in [5, 5.41) is 8.53. The number of nitrogens with two attached hydrogens (primary N) is 1. The van der Waals surface area contributed by atoms with Crippen molar-refractivity contribution in [3.05, 3.63) is 0 Å². The summed E-state index contributed by atoms with van der Waals surface area (Å²) in [6.45, 7) is -1.26. The van der Waals surface area contributed by atoms with Gasteiger partial charge in [0.15, 0.2) is 0 Å². The predicted molar refractivity (Wildman–Crippen MR) is 51.0 cm³/mol. The molecule has 0 unspecified atom stereocenters. The van der Waals surface area contributed by atoms with Crippen molar-refractivity contribution in [2.24, 2.45) is 5.73 Å². The third kappa shape index (κ3) is 8.21. The lowest BCUT2D eigenvalue weighted by Gasteiger charge is -2.22. The van der Waals surface area contributed by atoms with E-state index in [2.05, 4.69) is 12.2 Å². The predicted octanol–water partition coefficient (Wildman–Crippen LogP) is 0.519. The lowest BCUT2D eigenvalue weighted by molar-refractivity contribution is -0.146. The Balaban J connectivity index is 3.95. The van der Waals surface area contributed by atoms with Crippen molar-refractivity contribution in [3.8, 4) is 0 Å². The highest BCUT2D eigenvalue weighted by Gasteiger charge is 2.30. The van der Waals surface area contributed by atoms with Crippen LogP contribution in [0.15, 0.2) is 0 Å². The van der Waals surface area contributed by atoms with Crippen LogP contribution < -0.4 is 5.73 Å². The van der Waals surface area contributed by atoms with Crippen molar-refractivity contribution in [2.75, 3.05) is 26.2 Å². The average Bonchev–Trinajstić information content (AvgIpc) is 1.98. The number of rotatable bonds is 6. The van der Waals surface area contributed by atoms with E-state index in [1.165, 1.54) is 0 Å². The Morgan fingerprint density at radius 2 is 1.93 bits per heavy atom. The Hall–Kier alpha value is -0.400. The molecule has 0 aliphatic carbocycles. The Kier molecular flexibility index (Phi) is 5.98. The van der Waals surface area contributed by atoms with E-state index in [4.69, 9.17) is 10.8 Å². The molecule has 84 valence electrons. The van der Waals surface area contributed by atoms with E-state index in [-0.39, 0.29) is 31.1 Å². The fourth-order valence-corrected chi connectivity index (χ4v) is 1.02. The zero-order valence-electron chi connectivity index (χ0n) is 7.55. The highest BCUT2D eigenvalue weighted by Crippen LogP contribution is 2.16. The molecule has 7 heteroatoms. The first-order valence-corrected chi connectivity index (χ1v) is 4.44. The smallest absolute Gasteiger partial charge is 0.395 e. The molecule has 0 aromatic carbocycles. The Labute approximate surface area is 85.7 Å². The Morgan fingerprint density at radius 3 is 2.29 bits per heavy atom. The van der Waals surface area contributed by atoms with Crippen LogP contribution in [0.3, 0.4) is 0 Å². The molecule has 0 fully saturated rings. The number of nitrogens with zero attached hydrogens (tertiary/aromatic N) is 1. The third-order valence-corrected chi connectivity index (χ3v) is 1.70. The molecule has 0 bridgehead atoms. The molecule has 0 amide bonds. The lowest BCUT2D eigenvalue weighted by atomic mass is 10.3. The topological polar surface area (TPSA) is 49.5 Å². The van der Waals surface area contributed by atoms with E-state index in [0.29, 0.717) is 0 Å². The highest BCUT2D eigenvalue weighted by atomic mass is 32.1. The molecule has 0 saturated heterocycles. The fraction of sp³-hybridized carbons (Fsp3) is 0.857. The maximum Gasteiger partial charge on any atom is 0.401 e. The van der Waals surface area contributed by atoms with Crippen LogP contribution in [-0.4, -0.2) is 47.4 Å². The van der Waals surface area contributed by atoms with Crippen molar-refractivity contribution < 1.29 is 18.3 Å². The zero-order chi connectivity index (χ0) is 11.2. The van der Waals surface area contributed by atoms with E-state index in [9.17, 15) is 13.2 Å². The minimum atomic E-state index is -4.26. The van der Waals surface area contributed by atoms with Crippen molar-refractivity contribution >= 4 is 17.2 Å². The van der Waals surface area contributed by atoms with Crippen LogP contribution in [0, 0.1) is 0 Å². The van der Waals surface area contributed by atoms with Gasteiger partial charge in [-0.3, -0.25) is 4.90 Å². The van der Waals surface area contributed by atoms with Crippen molar-refractivity contribution in [3.63, 3.8) is 0 Å².